The SMILES string of the molecule is CCCCCCCCCCCCC(C)(C(=O)[O-])C(=O)[O-].[K+].[Li+]. The maximum Gasteiger partial charge on any atom is 1.00 e. The van der Waals surface area contributed by atoms with Gasteiger partial charge in [0.25, 0.3) is 0 Å². The summed E-state index contributed by atoms with van der Waals surface area (Å²) in [6.07, 6.45) is 11.4. The molecule has 0 spiro atoms. The zero-order chi connectivity index (χ0) is 15.4. The van der Waals surface area contributed by atoms with E-state index in [2.05, 4.69) is 6.92 Å². The Bertz CT molecular complexity index is 284. The van der Waals surface area contributed by atoms with Gasteiger partial charge < -0.3 is 19.8 Å². The van der Waals surface area contributed by atoms with Crippen LogP contribution in [0.15, 0.2) is 0 Å². The van der Waals surface area contributed by atoms with Gasteiger partial charge in [-0.2, -0.15) is 0 Å². The first-order valence-corrected chi connectivity index (χ1v) is 7.88. The molecule has 0 aliphatic heterocycles. The molecule has 0 amide bonds. The quantitative estimate of drug-likeness (QED) is 0.195. The van der Waals surface area contributed by atoms with E-state index in [-0.39, 0.29) is 76.7 Å². The van der Waals surface area contributed by atoms with E-state index in [1.54, 1.807) is 0 Å². The van der Waals surface area contributed by atoms with Gasteiger partial charge in [-0.15, -0.1) is 0 Å². The number of carbonyl (C=O) groups excluding carboxylic acids is 2. The van der Waals surface area contributed by atoms with E-state index in [4.69, 9.17) is 0 Å². The molecule has 0 saturated heterocycles. The van der Waals surface area contributed by atoms with Gasteiger partial charge in [0.1, 0.15) is 0 Å². The summed E-state index contributed by atoms with van der Waals surface area (Å²) in [7, 11) is 0. The number of aliphatic carboxylic acids is 2. The van der Waals surface area contributed by atoms with Gasteiger partial charge in [0.15, 0.2) is 0 Å². The zero-order valence-corrected chi connectivity index (χ0v) is 18.0. The van der Waals surface area contributed by atoms with Gasteiger partial charge in [-0.1, -0.05) is 71.1 Å². The first-order chi connectivity index (χ1) is 9.45. The molecular weight excluding hydrogens is 302 g/mol. The van der Waals surface area contributed by atoms with Gasteiger partial charge in [-0.25, -0.2) is 0 Å². The summed E-state index contributed by atoms with van der Waals surface area (Å²) in [5.74, 6) is -3.10. The molecule has 4 nitrogen and oxygen atoms in total. The van der Waals surface area contributed by atoms with Crippen LogP contribution in [0, 0.1) is 5.41 Å². The van der Waals surface area contributed by atoms with Gasteiger partial charge in [0.05, 0.1) is 11.9 Å². The molecule has 118 valence electrons. The van der Waals surface area contributed by atoms with Crippen molar-refractivity contribution < 1.29 is 90.0 Å². The van der Waals surface area contributed by atoms with Gasteiger partial charge in [-0.05, 0) is 13.3 Å². The second kappa shape index (κ2) is 17.0. The topological polar surface area (TPSA) is 80.3 Å². The number of carboxylic acids is 2. The van der Waals surface area contributed by atoms with Crippen molar-refractivity contribution in [3.8, 4) is 0 Å². The Kier molecular flexibility index (Phi) is 21.6. The second-order valence-corrected chi connectivity index (χ2v) is 5.84. The summed E-state index contributed by atoms with van der Waals surface area (Å²) >= 11 is 0. The Balaban J connectivity index is -0.00000180. The van der Waals surface area contributed by atoms with Crippen LogP contribution in [0.25, 0.3) is 0 Å². The number of hydrogen-bond acceptors (Lipinski definition) is 4. The van der Waals surface area contributed by atoms with Crippen LogP contribution in [0.4, 0.5) is 0 Å². The molecule has 22 heavy (non-hydrogen) atoms. The molecular formula is C16H28KLiO4. The van der Waals surface area contributed by atoms with Crippen LogP contribution in [0.3, 0.4) is 0 Å². The molecule has 6 heteroatoms. The van der Waals surface area contributed by atoms with Crippen molar-refractivity contribution in [3.63, 3.8) is 0 Å². The Labute approximate surface area is 189 Å². The van der Waals surface area contributed by atoms with Crippen molar-refractivity contribution in [3.05, 3.63) is 0 Å². The van der Waals surface area contributed by atoms with Crippen LogP contribution >= 0.6 is 0 Å². The molecule has 0 rings (SSSR count). The third kappa shape index (κ3) is 12.6. The van der Waals surface area contributed by atoms with E-state index in [0.717, 1.165) is 19.3 Å². The molecule has 0 N–H and O–H groups in total. The van der Waals surface area contributed by atoms with Crippen molar-refractivity contribution in [2.24, 2.45) is 5.41 Å². The van der Waals surface area contributed by atoms with Gasteiger partial charge in [0, 0.05) is 5.41 Å². The second-order valence-electron chi connectivity index (χ2n) is 5.84. The summed E-state index contributed by atoms with van der Waals surface area (Å²) in [5, 5.41) is 21.6. The van der Waals surface area contributed by atoms with E-state index in [0.29, 0.717) is 6.42 Å². The number of rotatable bonds is 13. The predicted octanol–water partition coefficient (Wildman–Crippen LogP) is -4.19. The fourth-order valence-electron chi connectivity index (χ4n) is 2.25. The van der Waals surface area contributed by atoms with Crippen LogP contribution in [-0.2, 0) is 9.59 Å². The molecule has 0 fully saturated rings. The summed E-state index contributed by atoms with van der Waals surface area (Å²) in [6, 6.07) is 0. The molecule has 0 heterocycles. The standard InChI is InChI=1S/C16H30O4.K.Li/c1-3-4-5-6-7-8-9-10-11-12-13-16(2,14(17)18)15(19)20;;/h3-13H2,1-2H3,(H,17,18)(H,19,20);;/q;2*+1/p-2. The van der Waals surface area contributed by atoms with Crippen molar-refractivity contribution >= 4 is 11.9 Å². The molecule has 0 aromatic carbocycles. The molecule has 0 bridgehead atoms. The molecule has 0 aromatic rings. The average Bonchev–Trinajstić information content (AvgIpc) is 2.40. The summed E-state index contributed by atoms with van der Waals surface area (Å²) in [6.45, 7) is 3.37. The average molecular weight is 330 g/mol. The fraction of sp³-hybridized carbons (Fsp3) is 0.875. The van der Waals surface area contributed by atoms with Crippen LogP contribution in [0.1, 0.15) is 84.5 Å². The Morgan fingerprint density at radius 2 is 1.09 bits per heavy atom. The maximum atomic E-state index is 10.8. The molecule has 0 aromatic heterocycles. The van der Waals surface area contributed by atoms with Crippen LogP contribution in [-0.4, -0.2) is 11.9 Å². The summed E-state index contributed by atoms with van der Waals surface area (Å²) in [5.41, 5.74) is -1.85. The van der Waals surface area contributed by atoms with Crippen LogP contribution < -0.4 is 80.5 Å². The number of carboxylic acid groups (broad SMARTS) is 2. The van der Waals surface area contributed by atoms with Crippen molar-refractivity contribution in [1.29, 1.82) is 0 Å². The first-order valence-electron chi connectivity index (χ1n) is 7.88. The molecule has 0 unspecified atom stereocenters. The van der Waals surface area contributed by atoms with Crippen LogP contribution in [0.5, 0.6) is 0 Å². The number of hydrogen-bond donors (Lipinski definition) is 0. The molecule has 0 aliphatic carbocycles. The maximum absolute atomic E-state index is 10.8. The van der Waals surface area contributed by atoms with Crippen LogP contribution in [0.2, 0.25) is 0 Å². The van der Waals surface area contributed by atoms with E-state index in [1.807, 2.05) is 0 Å². The summed E-state index contributed by atoms with van der Waals surface area (Å²) in [4.78, 5) is 21.6. The summed E-state index contributed by atoms with van der Waals surface area (Å²) < 4.78 is 0. The van der Waals surface area contributed by atoms with Crippen molar-refractivity contribution in [1.82, 2.24) is 0 Å². The minimum absolute atomic E-state index is 0. The Morgan fingerprint density at radius 3 is 1.41 bits per heavy atom. The first kappa shape index (κ1) is 28.0. The zero-order valence-electron chi connectivity index (χ0n) is 14.9. The third-order valence-corrected chi connectivity index (χ3v) is 3.93. The monoisotopic (exact) mass is 330 g/mol. The Hall–Kier alpha value is 1.17. The smallest absolute Gasteiger partial charge is 0.549 e. The molecule has 0 atom stereocenters. The molecule has 0 radical (unpaired) electrons. The van der Waals surface area contributed by atoms with Gasteiger partial charge in [-0.3, -0.25) is 0 Å². The normalized spacial score (nSPS) is 10.5. The van der Waals surface area contributed by atoms with E-state index >= 15 is 0 Å². The molecule has 0 aliphatic rings. The van der Waals surface area contributed by atoms with Crippen molar-refractivity contribution in [2.45, 2.75) is 84.5 Å². The number of carbonyl (C=O) groups is 2. The minimum atomic E-state index is -1.85. The van der Waals surface area contributed by atoms with E-state index < -0.39 is 17.4 Å². The predicted molar refractivity (Wildman–Crippen MR) is 74.6 cm³/mol. The largest absolute Gasteiger partial charge is 1.00 e. The van der Waals surface area contributed by atoms with E-state index in [9.17, 15) is 19.8 Å². The Morgan fingerprint density at radius 1 is 0.773 bits per heavy atom. The molecule has 0 saturated carbocycles. The van der Waals surface area contributed by atoms with Crippen molar-refractivity contribution in [2.75, 3.05) is 0 Å². The number of unbranched alkanes of at least 4 members (excludes halogenated alkanes) is 9. The fourth-order valence-corrected chi connectivity index (χ4v) is 2.25. The minimum Gasteiger partial charge on any atom is -0.549 e. The third-order valence-electron chi connectivity index (χ3n) is 3.93. The van der Waals surface area contributed by atoms with E-state index in [1.165, 1.54) is 45.4 Å². The van der Waals surface area contributed by atoms with Gasteiger partial charge in [0.2, 0.25) is 0 Å². The van der Waals surface area contributed by atoms with Gasteiger partial charge >= 0.3 is 70.2 Å².